The van der Waals surface area contributed by atoms with Crippen LogP contribution in [0.15, 0.2) is 83.8 Å². The van der Waals surface area contributed by atoms with Crippen LogP contribution in [0.5, 0.6) is 0 Å². The van der Waals surface area contributed by atoms with Gasteiger partial charge in [0, 0.05) is 12.6 Å². The maximum absolute atomic E-state index is 13.9. The van der Waals surface area contributed by atoms with Crippen LogP contribution in [-0.2, 0) is 26.2 Å². The van der Waals surface area contributed by atoms with Crippen LogP contribution in [-0.4, -0.2) is 43.8 Å². The number of hydrogen-bond acceptors (Lipinski definition) is 4. The molecule has 1 aliphatic rings. The van der Waals surface area contributed by atoms with Crippen molar-refractivity contribution >= 4 is 27.5 Å². The van der Waals surface area contributed by atoms with E-state index in [1.807, 2.05) is 0 Å². The summed E-state index contributed by atoms with van der Waals surface area (Å²) in [5, 5.41) is 3.03. The molecule has 1 unspecified atom stereocenters. The van der Waals surface area contributed by atoms with Crippen molar-refractivity contribution in [3.05, 3.63) is 95.8 Å². The molecule has 3 aromatic carbocycles. The monoisotopic (exact) mass is 551 g/mol. The first-order chi connectivity index (χ1) is 18.7. The summed E-state index contributed by atoms with van der Waals surface area (Å²) in [6.45, 7) is 2.92. The van der Waals surface area contributed by atoms with E-state index in [-0.39, 0.29) is 23.4 Å². The smallest absolute Gasteiger partial charge is 0.264 e. The van der Waals surface area contributed by atoms with Gasteiger partial charge in [-0.05, 0) is 68.1 Å². The lowest BCUT2D eigenvalue weighted by Crippen LogP contribution is -2.52. The summed E-state index contributed by atoms with van der Waals surface area (Å²) in [5.74, 6) is -1.26. The third-order valence-electron chi connectivity index (χ3n) is 7.13. The summed E-state index contributed by atoms with van der Waals surface area (Å²) >= 11 is 0. The second-order valence-electron chi connectivity index (χ2n) is 9.93. The van der Waals surface area contributed by atoms with Crippen molar-refractivity contribution in [3.8, 4) is 0 Å². The molecule has 1 atom stereocenters. The van der Waals surface area contributed by atoms with Gasteiger partial charge in [0.15, 0.2) is 0 Å². The molecule has 0 heterocycles. The van der Waals surface area contributed by atoms with Crippen LogP contribution < -0.4 is 9.62 Å². The number of carbonyl (C=O) groups excluding carboxylic acids is 2. The van der Waals surface area contributed by atoms with Crippen LogP contribution in [0.2, 0.25) is 0 Å². The molecule has 206 valence electrons. The molecule has 0 radical (unpaired) electrons. The summed E-state index contributed by atoms with van der Waals surface area (Å²) < 4.78 is 42.3. The Morgan fingerprint density at radius 2 is 1.56 bits per heavy atom. The molecule has 1 saturated carbocycles. The van der Waals surface area contributed by atoms with Gasteiger partial charge in [-0.2, -0.15) is 0 Å². The van der Waals surface area contributed by atoms with Crippen molar-refractivity contribution < 1.29 is 22.4 Å². The van der Waals surface area contributed by atoms with E-state index in [1.165, 1.54) is 29.2 Å². The first kappa shape index (κ1) is 28.3. The highest BCUT2D eigenvalue weighted by atomic mass is 32.2. The highest BCUT2D eigenvalue weighted by Gasteiger charge is 2.33. The number of nitrogens with one attached hydrogen (secondary N) is 1. The molecule has 0 bridgehead atoms. The maximum Gasteiger partial charge on any atom is 0.264 e. The second-order valence-corrected chi connectivity index (χ2v) is 11.8. The number of hydrogen-bond donors (Lipinski definition) is 1. The Kier molecular flexibility index (Phi) is 9.01. The van der Waals surface area contributed by atoms with Gasteiger partial charge >= 0.3 is 0 Å². The van der Waals surface area contributed by atoms with Crippen molar-refractivity contribution in [2.24, 2.45) is 0 Å². The molecule has 1 aliphatic carbocycles. The molecular formula is C30H34FN3O4S. The minimum atomic E-state index is -4.11. The average molecular weight is 552 g/mol. The first-order valence-electron chi connectivity index (χ1n) is 13.1. The fourth-order valence-corrected chi connectivity index (χ4v) is 6.34. The number of amides is 2. The number of anilines is 1. The number of para-hydroxylation sites is 1. The molecule has 39 heavy (non-hydrogen) atoms. The van der Waals surface area contributed by atoms with Crippen LogP contribution >= 0.6 is 0 Å². The molecule has 0 spiro atoms. The van der Waals surface area contributed by atoms with Crippen molar-refractivity contribution in [2.45, 2.75) is 63.1 Å². The highest BCUT2D eigenvalue weighted by Crippen LogP contribution is 2.27. The summed E-state index contributed by atoms with van der Waals surface area (Å²) in [7, 11) is -4.11. The Morgan fingerprint density at radius 1 is 0.949 bits per heavy atom. The zero-order chi connectivity index (χ0) is 28.0. The molecular weight excluding hydrogens is 517 g/mol. The molecule has 0 aliphatic heterocycles. The SMILES string of the molecule is Cc1ccccc1N(CC(=O)N(Cc1ccc(F)cc1)C(C)C(=O)NC1CCCC1)S(=O)(=O)c1ccccc1. The molecule has 4 rings (SSSR count). The van der Waals surface area contributed by atoms with Crippen molar-refractivity contribution in [3.63, 3.8) is 0 Å². The van der Waals surface area contributed by atoms with Gasteiger partial charge in [-0.3, -0.25) is 13.9 Å². The lowest BCUT2D eigenvalue weighted by Gasteiger charge is -2.33. The Balaban J connectivity index is 1.68. The highest BCUT2D eigenvalue weighted by molar-refractivity contribution is 7.92. The Bertz CT molecular complexity index is 1390. The topological polar surface area (TPSA) is 86.8 Å². The quantitative estimate of drug-likeness (QED) is 0.392. The van der Waals surface area contributed by atoms with Crippen LogP contribution in [0.25, 0.3) is 0 Å². The molecule has 1 fully saturated rings. The van der Waals surface area contributed by atoms with Gasteiger partial charge in [0.1, 0.15) is 18.4 Å². The lowest BCUT2D eigenvalue weighted by molar-refractivity contribution is -0.139. The van der Waals surface area contributed by atoms with Crippen LogP contribution in [0.1, 0.15) is 43.7 Å². The standard InChI is InChI=1S/C30H34FN3O4S/c1-22-10-6-9-15-28(22)34(39(37,38)27-13-4-3-5-14-27)21-29(35)33(20-24-16-18-25(31)19-17-24)23(2)30(36)32-26-11-7-8-12-26/h3-6,9-10,13-19,23,26H,7-8,11-12,20-21H2,1-2H3,(H,32,36). The summed E-state index contributed by atoms with van der Waals surface area (Å²) in [6, 6.07) is 19.8. The number of nitrogens with zero attached hydrogens (tertiary/aromatic N) is 2. The van der Waals surface area contributed by atoms with E-state index in [2.05, 4.69) is 5.32 Å². The second kappa shape index (κ2) is 12.4. The largest absolute Gasteiger partial charge is 0.352 e. The van der Waals surface area contributed by atoms with Crippen molar-refractivity contribution in [2.75, 3.05) is 10.8 Å². The van der Waals surface area contributed by atoms with Gasteiger partial charge in [-0.15, -0.1) is 0 Å². The Hall–Kier alpha value is -3.72. The fraction of sp³-hybridized carbons (Fsp3) is 0.333. The van der Waals surface area contributed by atoms with Crippen LogP contribution in [0.4, 0.5) is 10.1 Å². The van der Waals surface area contributed by atoms with E-state index in [9.17, 15) is 22.4 Å². The molecule has 7 nitrogen and oxygen atoms in total. The van der Waals surface area contributed by atoms with Crippen LogP contribution in [0, 0.1) is 12.7 Å². The van der Waals surface area contributed by atoms with Gasteiger partial charge in [-0.25, -0.2) is 12.8 Å². The average Bonchev–Trinajstić information content (AvgIpc) is 3.45. The zero-order valence-electron chi connectivity index (χ0n) is 22.2. The fourth-order valence-electron chi connectivity index (χ4n) is 4.84. The summed E-state index contributed by atoms with van der Waals surface area (Å²) in [6.07, 6.45) is 3.86. The summed E-state index contributed by atoms with van der Waals surface area (Å²) in [4.78, 5) is 28.6. The minimum absolute atomic E-state index is 0.0192. The van der Waals surface area contributed by atoms with E-state index in [4.69, 9.17) is 0 Å². The van der Waals surface area contributed by atoms with Crippen molar-refractivity contribution in [1.29, 1.82) is 0 Å². The lowest BCUT2D eigenvalue weighted by atomic mass is 10.1. The molecule has 9 heteroatoms. The molecule has 0 saturated heterocycles. The van der Waals surface area contributed by atoms with Crippen LogP contribution in [0.3, 0.4) is 0 Å². The predicted molar refractivity (Wildman–Crippen MR) is 149 cm³/mol. The number of sulfonamides is 1. The number of aryl methyl sites for hydroxylation is 1. The van der Waals surface area contributed by atoms with Gasteiger partial charge in [0.25, 0.3) is 10.0 Å². The number of rotatable bonds is 10. The molecule has 2 amide bonds. The first-order valence-corrected chi connectivity index (χ1v) is 14.6. The normalized spacial score (nSPS) is 14.5. The van der Waals surface area contributed by atoms with Gasteiger partial charge in [0.05, 0.1) is 10.6 Å². The van der Waals surface area contributed by atoms with E-state index in [1.54, 1.807) is 68.4 Å². The number of carbonyl (C=O) groups is 2. The van der Waals surface area contributed by atoms with Gasteiger partial charge < -0.3 is 10.2 Å². The molecule has 0 aromatic heterocycles. The Morgan fingerprint density at radius 3 is 2.21 bits per heavy atom. The van der Waals surface area contributed by atoms with Crippen molar-refractivity contribution in [1.82, 2.24) is 10.2 Å². The van der Waals surface area contributed by atoms with E-state index >= 15 is 0 Å². The number of benzene rings is 3. The number of halogens is 1. The third kappa shape index (κ3) is 6.84. The predicted octanol–water partition coefficient (Wildman–Crippen LogP) is 4.81. The maximum atomic E-state index is 13.9. The van der Waals surface area contributed by atoms with E-state index in [0.29, 0.717) is 16.8 Å². The zero-order valence-corrected chi connectivity index (χ0v) is 23.0. The minimum Gasteiger partial charge on any atom is -0.352 e. The van der Waals surface area contributed by atoms with E-state index < -0.39 is 34.3 Å². The third-order valence-corrected chi connectivity index (χ3v) is 8.90. The van der Waals surface area contributed by atoms with Gasteiger partial charge in [-0.1, -0.05) is 61.4 Å². The Labute approximate surface area is 229 Å². The molecule has 3 aromatic rings. The van der Waals surface area contributed by atoms with Gasteiger partial charge in [0.2, 0.25) is 11.8 Å². The van der Waals surface area contributed by atoms with E-state index in [0.717, 1.165) is 30.0 Å². The summed E-state index contributed by atoms with van der Waals surface area (Å²) in [5.41, 5.74) is 1.68. The molecule has 1 N–H and O–H groups in total.